The smallest absolute Gasteiger partial charge is 0.325 e. The van der Waals surface area contributed by atoms with E-state index in [0.29, 0.717) is 0 Å². The van der Waals surface area contributed by atoms with E-state index in [2.05, 4.69) is 16.0 Å². The van der Waals surface area contributed by atoms with Crippen molar-refractivity contribution < 1.29 is 29.4 Å². The van der Waals surface area contributed by atoms with Gasteiger partial charge in [0, 0.05) is 12.8 Å². The van der Waals surface area contributed by atoms with E-state index in [-0.39, 0.29) is 12.8 Å². The van der Waals surface area contributed by atoms with Gasteiger partial charge in [0.05, 0.1) is 6.10 Å². The summed E-state index contributed by atoms with van der Waals surface area (Å²) in [6, 6.07) is 13.2. The van der Waals surface area contributed by atoms with Crippen molar-refractivity contribution in [1.82, 2.24) is 16.0 Å². The lowest BCUT2D eigenvalue weighted by atomic mass is 10.0. The fourth-order valence-electron chi connectivity index (χ4n) is 3.25. The number of aliphatic hydroxyl groups excluding tert-OH is 1. The van der Waals surface area contributed by atoms with Crippen molar-refractivity contribution in [3.05, 3.63) is 71.8 Å². The number of hydrogen-bond acceptors (Lipinski definition) is 6. The van der Waals surface area contributed by atoms with Gasteiger partial charge in [0.25, 0.3) is 0 Å². The van der Waals surface area contributed by atoms with E-state index in [1.165, 1.54) is 13.8 Å². The highest BCUT2D eigenvalue weighted by Crippen LogP contribution is 2.08. The lowest BCUT2D eigenvalue weighted by Crippen LogP contribution is -2.58. The Morgan fingerprint density at radius 2 is 1.14 bits per heavy atom. The molecule has 0 aliphatic rings. The van der Waals surface area contributed by atoms with E-state index in [9.17, 15) is 24.3 Å². The molecular formula is C25H32N4O6. The standard InChI is InChI=1S/C25H32N4O6/c1-15(25(34)35)27-22(31)19(13-17-9-5-3-6-10-17)28-23(32)20(14-18-11-7-4-8-12-18)29-24(33)21(26)16(2)30/h3-12,15-16,19-21,30H,13-14,26H2,1-2H3,(H,27,31)(H,28,32)(H,29,33)(H,34,35). The molecule has 0 saturated heterocycles. The second-order valence-electron chi connectivity index (χ2n) is 8.34. The second kappa shape index (κ2) is 13.2. The van der Waals surface area contributed by atoms with Gasteiger partial charge in [-0.25, -0.2) is 0 Å². The van der Waals surface area contributed by atoms with Crippen LogP contribution in [0.25, 0.3) is 0 Å². The Morgan fingerprint density at radius 1 is 0.743 bits per heavy atom. The maximum Gasteiger partial charge on any atom is 0.325 e. The molecule has 3 amide bonds. The third-order valence-corrected chi connectivity index (χ3v) is 5.38. The van der Waals surface area contributed by atoms with Gasteiger partial charge in [0.15, 0.2) is 0 Å². The first kappa shape index (κ1) is 27.5. The number of aliphatic hydroxyl groups is 1. The summed E-state index contributed by atoms with van der Waals surface area (Å²) in [5.41, 5.74) is 7.22. The molecule has 0 aromatic heterocycles. The van der Waals surface area contributed by atoms with Crippen molar-refractivity contribution in [2.24, 2.45) is 5.73 Å². The van der Waals surface area contributed by atoms with Gasteiger partial charge in [0.1, 0.15) is 24.2 Å². The third kappa shape index (κ3) is 8.84. The fraction of sp³-hybridized carbons (Fsp3) is 0.360. The molecule has 0 aliphatic heterocycles. The summed E-state index contributed by atoms with van der Waals surface area (Å²) in [4.78, 5) is 49.9. The number of nitrogens with two attached hydrogens (primary N) is 1. The average Bonchev–Trinajstić information content (AvgIpc) is 2.83. The number of carbonyl (C=O) groups excluding carboxylic acids is 3. The number of carboxylic acid groups (broad SMARTS) is 1. The molecule has 0 saturated carbocycles. The van der Waals surface area contributed by atoms with Crippen LogP contribution in [0, 0.1) is 0 Å². The van der Waals surface area contributed by atoms with E-state index in [0.717, 1.165) is 11.1 Å². The van der Waals surface area contributed by atoms with Crippen LogP contribution in [0.5, 0.6) is 0 Å². The number of benzene rings is 2. The van der Waals surface area contributed by atoms with E-state index in [1.54, 1.807) is 54.6 Å². The van der Waals surface area contributed by atoms with Crippen molar-refractivity contribution in [2.45, 2.75) is 57.0 Å². The molecule has 7 N–H and O–H groups in total. The zero-order valence-electron chi connectivity index (χ0n) is 19.7. The number of amides is 3. The Labute approximate surface area is 203 Å². The van der Waals surface area contributed by atoms with E-state index >= 15 is 0 Å². The van der Waals surface area contributed by atoms with Crippen LogP contribution in [0.4, 0.5) is 0 Å². The van der Waals surface area contributed by atoms with Gasteiger partial charge in [-0.2, -0.15) is 0 Å². The van der Waals surface area contributed by atoms with Crippen LogP contribution in [0.1, 0.15) is 25.0 Å². The van der Waals surface area contributed by atoms with Gasteiger partial charge in [0.2, 0.25) is 17.7 Å². The molecule has 35 heavy (non-hydrogen) atoms. The number of nitrogens with one attached hydrogen (secondary N) is 3. The number of carboxylic acids is 1. The molecule has 0 fully saturated rings. The zero-order valence-corrected chi connectivity index (χ0v) is 19.7. The fourth-order valence-corrected chi connectivity index (χ4v) is 3.25. The van der Waals surface area contributed by atoms with Crippen LogP contribution in [-0.4, -0.2) is 64.2 Å². The lowest BCUT2D eigenvalue weighted by Gasteiger charge is -2.25. The van der Waals surface area contributed by atoms with E-state index < -0.39 is 54.0 Å². The van der Waals surface area contributed by atoms with Gasteiger partial charge in [-0.05, 0) is 25.0 Å². The summed E-state index contributed by atoms with van der Waals surface area (Å²) in [5.74, 6) is -3.27. The molecule has 0 spiro atoms. The summed E-state index contributed by atoms with van der Waals surface area (Å²) in [5, 5.41) is 26.4. The summed E-state index contributed by atoms with van der Waals surface area (Å²) in [6.07, 6.45) is -0.926. The molecular weight excluding hydrogens is 452 g/mol. The summed E-state index contributed by atoms with van der Waals surface area (Å²) in [7, 11) is 0. The third-order valence-electron chi connectivity index (χ3n) is 5.38. The first-order valence-electron chi connectivity index (χ1n) is 11.2. The molecule has 0 heterocycles. The van der Waals surface area contributed by atoms with Gasteiger partial charge in [-0.3, -0.25) is 19.2 Å². The highest BCUT2D eigenvalue weighted by atomic mass is 16.4. The Kier molecular flexibility index (Phi) is 10.4. The molecule has 10 nitrogen and oxygen atoms in total. The average molecular weight is 485 g/mol. The largest absolute Gasteiger partial charge is 0.480 e. The molecule has 10 heteroatoms. The number of rotatable bonds is 12. The van der Waals surface area contributed by atoms with Crippen LogP contribution >= 0.6 is 0 Å². The van der Waals surface area contributed by atoms with Gasteiger partial charge in [-0.1, -0.05) is 60.7 Å². The maximum atomic E-state index is 13.3. The quantitative estimate of drug-likeness (QED) is 0.241. The summed E-state index contributed by atoms with van der Waals surface area (Å²) >= 11 is 0. The monoisotopic (exact) mass is 484 g/mol. The summed E-state index contributed by atoms with van der Waals surface area (Å²) in [6.45, 7) is 2.68. The second-order valence-corrected chi connectivity index (χ2v) is 8.34. The minimum atomic E-state index is -1.25. The molecule has 2 aromatic rings. The Hall–Kier alpha value is -3.76. The molecule has 0 aliphatic carbocycles. The Morgan fingerprint density at radius 3 is 1.54 bits per heavy atom. The van der Waals surface area contributed by atoms with Crippen molar-refractivity contribution in [2.75, 3.05) is 0 Å². The minimum absolute atomic E-state index is 0.101. The van der Waals surface area contributed by atoms with Crippen LogP contribution in [0.15, 0.2) is 60.7 Å². The minimum Gasteiger partial charge on any atom is -0.480 e. The van der Waals surface area contributed by atoms with Crippen molar-refractivity contribution in [1.29, 1.82) is 0 Å². The van der Waals surface area contributed by atoms with Crippen LogP contribution < -0.4 is 21.7 Å². The summed E-state index contributed by atoms with van der Waals surface area (Å²) < 4.78 is 0. The first-order valence-corrected chi connectivity index (χ1v) is 11.2. The molecule has 5 unspecified atom stereocenters. The Bertz CT molecular complexity index is 1000. The topological polar surface area (TPSA) is 171 Å². The van der Waals surface area contributed by atoms with E-state index in [4.69, 9.17) is 10.8 Å². The molecule has 188 valence electrons. The molecule has 5 atom stereocenters. The Balaban J connectivity index is 2.26. The predicted molar refractivity (Wildman–Crippen MR) is 129 cm³/mol. The van der Waals surface area contributed by atoms with Crippen LogP contribution in [0.3, 0.4) is 0 Å². The maximum absolute atomic E-state index is 13.3. The van der Waals surface area contributed by atoms with Crippen LogP contribution in [-0.2, 0) is 32.0 Å². The number of aliphatic carboxylic acids is 1. The van der Waals surface area contributed by atoms with Crippen molar-refractivity contribution in [3.63, 3.8) is 0 Å². The SMILES string of the molecule is CC(NC(=O)C(Cc1ccccc1)NC(=O)C(Cc1ccccc1)NC(=O)C(N)C(C)O)C(=O)O. The van der Waals surface area contributed by atoms with Crippen molar-refractivity contribution >= 4 is 23.7 Å². The van der Waals surface area contributed by atoms with E-state index in [1.807, 2.05) is 6.07 Å². The number of hydrogen-bond donors (Lipinski definition) is 6. The molecule has 2 rings (SSSR count). The predicted octanol–water partition coefficient (Wildman–Crippen LogP) is -0.261. The van der Waals surface area contributed by atoms with Crippen molar-refractivity contribution in [3.8, 4) is 0 Å². The normalized spacial score (nSPS) is 15.1. The van der Waals surface area contributed by atoms with Gasteiger partial charge >= 0.3 is 5.97 Å². The lowest BCUT2D eigenvalue weighted by molar-refractivity contribution is -0.141. The zero-order chi connectivity index (χ0) is 26.0. The van der Waals surface area contributed by atoms with Crippen LogP contribution in [0.2, 0.25) is 0 Å². The molecule has 0 radical (unpaired) electrons. The highest BCUT2D eigenvalue weighted by molar-refractivity contribution is 5.94. The van der Waals surface area contributed by atoms with Gasteiger partial charge in [-0.15, -0.1) is 0 Å². The highest BCUT2D eigenvalue weighted by Gasteiger charge is 2.30. The van der Waals surface area contributed by atoms with Gasteiger partial charge < -0.3 is 31.9 Å². The number of carbonyl (C=O) groups is 4. The first-order chi connectivity index (χ1) is 16.6. The molecule has 2 aromatic carbocycles. The molecule has 0 bridgehead atoms.